The highest BCUT2D eigenvalue weighted by Crippen LogP contribution is 2.26. The van der Waals surface area contributed by atoms with E-state index < -0.39 is 0 Å². The predicted octanol–water partition coefficient (Wildman–Crippen LogP) is 4.67. The maximum Gasteiger partial charge on any atom is 0.227 e. The topological polar surface area (TPSA) is 41.6 Å². The summed E-state index contributed by atoms with van der Waals surface area (Å²) in [5, 5.41) is 3.26. The summed E-state index contributed by atoms with van der Waals surface area (Å²) in [6.45, 7) is 7.09. The van der Waals surface area contributed by atoms with Crippen molar-refractivity contribution >= 4 is 11.6 Å². The third-order valence-electron chi connectivity index (χ3n) is 5.75. The Bertz CT molecular complexity index is 773. The molecule has 0 unspecified atom stereocenters. The number of likely N-dealkylation sites (tertiary alicyclic amines) is 1. The van der Waals surface area contributed by atoms with Crippen molar-refractivity contribution in [2.45, 2.75) is 46.1 Å². The van der Waals surface area contributed by atoms with E-state index in [2.05, 4.69) is 54.4 Å². The summed E-state index contributed by atoms with van der Waals surface area (Å²) >= 11 is 0. The number of carbonyl (C=O) groups excluding carboxylic acids is 1. The van der Waals surface area contributed by atoms with Gasteiger partial charge in [-0.15, -0.1) is 0 Å². The Morgan fingerprint density at radius 1 is 1.07 bits per heavy atom. The number of nitrogens with one attached hydrogen (secondary N) is 1. The van der Waals surface area contributed by atoms with Gasteiger partial charge in [0, 0.05) is 18.2 Å². The molecule has 2 aromatic rings. The number of aryl methyl sites for hydroxylation is 2. The number of amides is 1. The molecule has 0 aliphatic carbocycles. The third kappa shape index (κ3) is 4.93. The average molecular weight is 381 g/mol. The molecule has 1 amide bonds. The maximum atomic E-state index is 12.9. The number of benzene rings is 2. The van der Waals surface area contributed by atoms with Gasteiger partial charge in [-0.05, 0) is 67.6 Å². The zero-order chi connectivity index (χ0) is 19.9. The van der Waals surface area contributed by atoms with Crippen molar-refractivity contribution < 1.29 is 9.53 Å². The van der Waals surface area contributed by atoms with Crippen LogP contribution in [0.15, 0.2) is 42.5 Å². The van der Waals surface area contributed by atoms with E-state index in [-0.39, 0.29) is 11.8 Å². The number of para-hydroxylation sites is 1. The number of hydrogen-bond donors (Lipinski definition) is 1. The second-order valence-corrected chi connectivity index (χ2v) is 7.55. The van der Waals surface area contributed by atoms with E-state index in [9.17, 15) is 4.79 Å². The van der Waals surface area contributed by atoms with Crippen molar-refractivity contribution in [2.75, 3.05) is 25.5 Å². The summed E-state index contributed by atoms with van der Waals surface area (Å²) in [6.07, 6.45) is 3.68. The van der Waals surface area contributed by atoms with Crippen LogP contribution in [0.4, 0.5) is 5.69 Å². The summed E-state index contributed by atoms with van der Waals surface area (Å²) in [5.41, 5.74) is 4.74. The van der Waals surface area contributed by atoms with Gasteiger partial charge in [0.05, 0.1) is 7.11 Å². The molecule has 1 fully saturated rings. The largest absolute Gasteiger partial charge is 0.497 e. The van der Waals surface area contributed by atoms with Gasteiger partial charge in [-0.25, -0.2) is 0 Å². The molecule has 1 heterocycles. The molecule has 4 nitrogen and oxygen atoms in total. The van der Waals surface area contributed by atoms with Crippen LogP contribution in [0.1, 0.15) is 43.4 Å². The fraction of sp³-hybridized carbons (Fsp3) is 0.458. The van der Waals surface area contributed by atoms with Crippen molar-refractivity contribution in [3.63, 3.8) is 0 Å². The number of piperidine rings is 1. The molecule has 28 heavy (non-hydrogen) atoms. The third-order valence-corrected chi connectivity index (χ3v) is 5.75. The predicted molar refractivity (Wildman–Crippen MR) is 115 cm³/mol. The molecule has 2 aromatic carbocycles. The highest BCUT2D eigenvalue weighted by Gasteiger charge is 2.26. The summed E-state index contributed by atoms with van der Waals surface area (Å²) < 4.78 is 5.32. The number of nitrogens with zero attached hydrogens (tertiary/aromatic N) is 1. The molecule has 0 saturated carbocycles. The second kappa shape index (κ2) is 9.74. The minimum absolute atomic E-state index is 0.0937. The van der Waals surface area contributed by atoms with Crippen molar-refractivity contribution in [3.05, 3.63) is 59.2 Å². The summed E-state index contributed by atoms with van der Waals surface area (Å²) in [4.78, 5) is 15.3. The lowest BCUT2D eigenvalue weighted by atomic mass is 9.94. The molecular weight excluding hydrogens is 348 g/mol. The first-order valence-electron chi connectivity index (χ1n) is 10.4. The SMILES string of the molecule is CCc1cccc(CC)c1NC(=O)C1CCN(Cc2cccc(OC)c2)CC1. The quantitative estimate of drug-likeness (QED) is 0.759. The van der Waals surface area contributed by atoms with Gasteiger partial charge in [0.25, 0.3) is 0 Å². The van der Waals surface area contributed by atoms with E-state index in [1.807, 2.05) is 12.1 Å². The van der Waals surface area contributed by atoms with Gasteiger partial charge in [0.2, 0.25) is 5.91 Å². The molecule has 150 valence electrons. The standard InChI is InChI=1S/C24H32N2O2/c1-4-19-9-7-10-20(5-2)23(19)25-24(27)21-12-14-26(15-13-21)17-18-8-6-11-22(16-18)28-3/h6-11,16,21H,4-5,12-15,17H2,1-3H3,(H,25,27). The Morgan fingerprint density at radius 3 is 2.32 bits per heavy atom. The van der Waals surface area contributed by atoms with Crippen molar-refractivity contribution in [1.82, 2.24) is 4.90 Å². The van der Waals surface area contributed by atoms with Crippen LogP contribution in [0.5, 0.6) is 5.75 Å². The molecule has 3 rings (SSSR count). The van der Waals surface area contributed by atoms with Gasteiger partial charge < -0.3 is 10.1 Å². The Balaban J connectivity index is 1.57. The van der Waals surface area contributed by atoms with Crippen LogP contribution >= 0.6 is 0 Å². The van der Waals surface area contributed by atoms with Gasteiger partial charge in [-0.1, -0.05) is 44.2 Å². The molecule has 0 atom stereocenters. The first-order chi connectivity index (χ1) is 13.6. The Morgan fingerprint density at radius 2 is 1.71 bits per heavy atom. The number of hydrogen-bond acceptors (Lipinski definition) is 3. The lowest BCUT2D eigenvalue weighted by molar-refractivity contribution is -0.121. The minimum atomic E-state index is 0.0937. The molecule has 0 aromatic heterocycles. The molecule has 0 radical (unpaired) electrons. The molecule has 0 spiro atoms. The van der Waals surface area contributed by atoms with Crippen LogP contribution in [0.25, 0.3) is 0 Å². The van der Waals surface area contributed by atoms with Gasteiger partial charge >= 0.3 is 0 Å². The zero-order valence-corrected chi connectivity index (χ0v) is 17.3. The lowest BCUT2D eigenvalue weighted by Gasteiger charge is -2.31. The van der Waals surface area contributed by atoms with E-state index in [1.165, 1.54) is 16.7 Å². The average Bonchev–Trinajstić information content (AvgIpc) is 2.74. The van der Waals surface area contributed by atoms with Gasteiger partial charge in [-0.3, -0.25) is 9.69 Å². The highest BCUT2D eigenvalue weighted by atomic mass is 16.5. The molecule has 1 N–H and O–H groups in total. The van der Waals surface area contributed by atoms with Crippen molar-refractivity contribution in [1.29, 1.82) is 0 Å². The smallest absolute Gasteiger partial charge is 0.227 e. The van der Waals surface area contributed by atoms with Crippen LogP contribution in [-0.2, 0) is 24.2 Å². The first-order valence-corrected chi connectivity index (χ1v) is 10.4. The lowest BCUT2D eigenvalue weighted by Crippen LogP contribution is -2.38. The Kier molecular flexibility index (Phi) is 7.10. The summed E-state index contributed by atoms with van der Waals surface area (Å²) in [6, 6.07) is 14.5. The van der Waals surface area contributed by atoms with E-state index >= 15 is 0 Å². The molecular formula is C24H32N2O2. The number of ether oxygens (including phenoxy) is 1. The Hall–Kier alpha value is -2.33. The van der Waals surface area contributed by atoms with E-state index in [4.69, 9.17) is 4.74 Å². The van der Waals surface area contributed by atoms with Crippen molar-refractivity contribution in [3.8, 4) is 5.75 Å². The van der Waals surface area contributed by atoms with Gasteiger partial charge in [0.1, 0.15) is 5.75 Å². The van der Waals surface area contributed by atoms with Crippen molar-refractivity contribution in [2.24, 2.45) is 5.92 Å². The van der Waals surface area contributed by atoms with E-state index in [0.717, 1.165) is 56.8 Å². The first kappa shape index (κ1) is 20.4. The van der Waals surface area contributed by atoms with E-state index in [0.29, 0.717) is 0 Å². The second-order valence-electron chi connectivity index (χ2n) is 7.55. The Labute approximate surface area is 168 Å². The minimum Gasteiger partial charge on any atom is -0.497 e. The molecule has 0 bridgehead atoms. The van der Waals surface area contributed by atoms with Crippen LogP contribution in [0.3, 0.4) is 0 Å². The van der Waals surface area contributed by atoms with Gasteiger partial charge in [-0.2, -0.15) is 0 Å². The number of carbonyl (C=O) groups is 1. The normalized spacial score (nSPS) is 15.4. The molecule has 4 heteroatoms. The highest BCUT2D eigenvalue weighted by molar-refractivity contribution is 5.94. The maximum absolute atomic E-state index is 12.9. The summed E-state index contributed by atoms with van der Waals surface area (Å²) in [5.74, 6) is 1.17. The fourth-order valence-corrected chi connectivity index (χ4v) is 4.01. The van der Waals surface area contributed by atoms with Crippen LogP contribution in [-0.4, -0.2) is 31.0 Å². The van der Waals surface area contributed by atoms with E-state index in [1.54, 1.807) is 7.11 Å². The number of methoxy groups -OCH3 is 1. The number of anilines is 1. The van der Waals surface area contributed by atoms with Crippen LogP contribution in [0, 0.1) is 5.92 Å². The molecule has 1 aliphatic heterocycles. The monoisotopic (exact) mass is 380 g/mol. The van der Waals surface area contributed by atoms with Crippen LogP contribution < -0.4 is 10.1 Å². The summed E-state index contributed by atoms with van der Waals surface area (Å²) in [7, 11) is 1.70. The van der Waals surface area contributed by atoms with Gasteiger partial charge in [0.15, 0.2) is 0 Å². The van der Waals surface area contributed by atoms with Crippen LogP contribution in [0.2, 0.25) is 0 Å². The number of rotatable bonds is 7. The zero-order valence-electron chi connectivity index (χ0n) is 17.3. The molecule has 1 aliphatic rings. The molecule has 1 saturated heterocycles. The fourth-order valence-electron chi connectivity index (χ4n) is 4.01.